The summed E-state index contributed by atoms with van der Waals surface area (Å²) in [6.45, 7) is 0. The van der Waals surface area contributed by atoms with E-state index in [1.54, 1.807) is 0 Å². The molecule has 0 unspecified atom stereocenters. The molecule has 0 saturated heterocycles. The van der Waals surface area contributed by atoms with Crippen LogP contribution in [0.15, 0.2) is 0 Å². The van der Waals surface area contributed by atoms with Crippen LogP contribution in [-0.4, -0.2) is 0 Å². The SMILES string of the molecule is [Nb+5].[Nb+5].[O-2].[O-2].[O-2].[O-2].[O-2].[O-2].[O-2].[O-2].[O-2].[Zr+4].[Zr+4]. The van der Waals surface area contributed by atoms with Gasteiger partial charge < -0.3 is 49.3 Å². The Kier molecular flexibility index (Phi) is 11200. The van der Waals surface area contributed by atoms with E-state index in [9.17, 15) is 0 Å². The van der Waals surface area contributed by atoms with Crippen LogP contribution in [-0.2, 0) is 146 Å². The van der Waals surface area contributed by atoms with Crippen LogP contribution in [0.2, 0.25) is 0 Å². The molecule has 13 heteroatoms. The van der Waals surface area contributed by atoms with E-state index in [4.69, 9.17) is 0 Å². The van der Waals surface area contributed by atoms with E-state index in [-0.39, 0.29) is 146 Å². The smallest absolute Gasteiger partial charge is 2.00 e. The standard InChI is InChI=1S/2Nb.9O.2Zr/q2*+5;9*-2;2*+4. The molecular formula is Nb2O9Zr2. The molecule has 0 radical (unpaired) electrons. The summed E-state index contributed by atoms with van der Waals surface area (Å²) in [5.41, 5.74) is 0. The van der Waals surface area contributed by atoms with Crippen molar-refractivity contribution in [2.24, 2.45) is 0 Å². The minimum absolute atomic E-state index is 0. The van der Waals surface area contributed by atoms with Gasteiger partial charge in [-0.1, -0.05) is 0 Å². The van der Waals surface area contributed by atoms with Gasteiger partial charge >= 0.3 is 97.2 Å². The summed E-state index contributed by atoms with van der Waals surface area (Å²) in [6.07, 6.45) is 0. The molecule has 0 aromatic heterocycles. The van der Waals surface area contributed by atoms with Gasteiger partial charge in [-0.05, 0) is 0 Å². The summed E-state index contributed by atoms with van der Waals surface area (Å²) < 4.78 is 0. The zero-order valence-corrected chi connectivity index (χ0v) is 14.9. The number of hydrogen-bond acceptors (Lipinski definition) is 0. The second-order valence-corrected chi connectivity index (χ2v) is 0. The Morgan fingerprint density at radius 1 is 0.231 bits per heavy atom. The molecule has 0 amide bonds. The third-order valence-corrected chi connectivity index (χ3v) is 0. The quantitative estimate of drug-likeness (QED) is 0.351. The molecule has 0 fully saturated rings. The molecular weight excluding hydrogens is 512 g/mol. The van der Waals surface area contributed by atoms with Gasteiger partial charge in [0.05, 0.1) is 0 Å². The monoisotopic (exact) mass is 510 g/mol. The van der Waals surface area contributed by atoms with Crippen molar-refractivity contribution in [3.63, 3.8) is 0 Å². The molecule has 0 bridgehead atoms. The molecule has 0 rings (SSSR count). The minimum Gasteiger partial charge on any atom is -2.00 e. The molecule has 0 N–H and O–H groups in total. The molecule has 0 spiro atoms. The van der Waals surface area contributed by atoms with Crippen LogP contribution in [0, 0.1) is 0 Å². The molecule has 72 valence electrons. The summed E-state index contributed by atoms with van der Waals surface area (Å²) in [4.78, 5) is 0. The van der Waals surface area contributed by atoms with Crippen molar-refractivity contribution < 1.29 is 146 Å². The van der Waals surface area contributed by atoms with Crippen LogP contribution in [0.25, 0.3) is 0 Å². The second-order valence-electron chi connectivity index (χ2n) is 0. The molecule has 0 aromatic carbocycles. The molecule has 0 atom stereocenters. The summed E-state index contributed by atoms with van der Waals surface area (Å²) in [7, 11) is 0. The van der Waals surface area contributed by atoms with Gasteiger partial charge in [0.2, 0.25) is 0 Å². The topological polar surface area (TPSA) is 256 Å². The van der Waals surface area contributed by atoms with Crippen molar-refractivity contribution in [1.82, 2.24) is 0 Å². The molecule has 0 heterocycles. The van der Waals surface area contributed by atoms with Gasteiger partial charge in [-0.2, -0.15) is 0 Å². The fraction of sp³-hybridized carbons (Fsp3) is 0. The average molecular weight is 512 g/mol. The Bertz CT molecular complexity index is 15.6. The van der Waals surface area contributed by atoms with E-state index < -0.39 is 0 Å². The van der Waals surface area contributed by atoms with Crippen LogP contribution < -0.4 is 0 Å². The fourth-order valence-electron chi connectivity index (χ4n) is 0. The van der Waals surface area contributed by atoms with E-state index in [0.29, 0.717) is 0 Å². The molecule has 0 aliphatic heterocycles. The van der Waals surface area contributed by atoms with Crippen molar-refractivity contribution in [2.75, 3.05) is 0 Å². The third kappa shape index (κ3) is 297. The summed E-state index contributed by atoms with van der Waals surface area (Å²) >= 11 is 0. The first-order chi connectivity index (χ1) is 0. The van der Waals surface area contributed by atoms with Crippen molar-refractivity contribution in [3.05, 3.63) is 0 Å². The normalized spacial score (nSPS) is 0. The van der Waals surface area contributed by atoms with E-state index in [1.807, 2.05) is 0 Å². The Labute approximate surface area is 144 Å². The zero-order valence-electron chi connectivity index (χ0n) is 5.57. The van der Waals surface area contributed by atoms with E-state index >= 15 is 0 Å². The van der Waals surface area contributed by atoms with Crippen molar-refractivity contribution in [3.8, 4) is 0 Å². The first-order valence-electron chi connectivity index (χ1n) is 0. The van der Waals surface area contributed by atoms with Gasteiger partial charge in [0.25, 0.3) is 0 Å². The van der Waals surface area contributed by atoms with Crippen LogP contribution >= 0.6 is 0 Å². The fourth-order valence-corrected chi connectivity index (χ4v) is 0. The van der Waals surface area contributed by atoms with Gasteiger partial charge in [-0.15, -0.1) is 0 Å². The zero-order chi connectivity index (χ0) is 0. The Balaban J connectivity index is 0. The van der Waals surface area contributed by atoms with Gasteiger partial charge in [0.15, 0.2) is 0 Å². The van der Waals surface area contributed by atoms with Crippen molar-refractivity contribution in [1.29, 1.82) is 0 Å². The van der Waals surface area contributed by atoms with E-state index in [0.717, 1.165) is 0 Å². The maximum Gasteiger partial charge on any atom is 5.00 e. The molecule has 0 aliphatic carbocycles. The first kappa shape index (κ1) is 422. The van der Waals surface area contributed by atoms with Crippen molar-refractivity contribution >= 4 is 0 Å². The van der Waals surface area contributed by atoms with E-state index in [2.05, 4.69) is 0 Å². The largest absolute Gasteiger partial charge is 5.00 e. The predicted molar refractivity (Wildman–Crippen MR) is 6.18 cm³/mol. The average Bonchev–Trinajstić information content (AvgIpc) is 0. The molecule has 0 aliphatic rings. The second kappa shape index (κ2) is 344. The Morgan fingerprint density at radius 3 is 0.231 bits per heavy atom. The van der Waals surface area contributed by atoms with Crippen molar-refractivity contribution in [2.45, 2.75) is 0 Å². The molecule has 9 nitrogen and oxygen atoms in total. The molecule has 0 saturated carbocycles. The van der Waals surface area contributed by atoms with E-state index in [1.165, 1.54) is 0 Å². The summed E-state index contributed by atoms with van der Waals surface area (Å²) in [5, 5.41) is 0. The third-order valence-electron chi connectivity index (χ3n) is 0. The van der Waals surface area contributed by atoms with Crippen LogP contribution in [0.3, 0.4) is 0 Å². The maximum atomic E-state index is 0. The van der Waals surface area contributed by atoms with Crippen LogP contribution in [0.5, 0.6) is 0 Å². The van der Waals surface area contributed by atoms with Gasteiger partial charge in [0, 0.05) is 0 Å². The van der Waals surface area contributed by atoms with Gasteiger partial charge in [0.1, 0.15) is 0 Å². The van der Waals surface area contributed by atoms with Crippen LogP contribution in [0.1, 0.15) is 0 Å². The summed E-state index contributed by atoms with van der Waals surface area (Å²) in [6, 6.07) is 0. The Morgan fingerprint density at radius 2 is 0.231 bits per heavy atom. The molecule has 0 aromatic rings. The maximum absolute atomic E-state index is 0. The Hall–Kier alpha value is 2.89. The van der Waals surface area contributed by atoms with Gasteiger partial charge in [-0.3, -0.25) is 0 Å². The van der Waals surface area contributed by atoms with Gasteiger partial charge in [-0.25, -0.2) is 0 Å². The molecule has 13 heavy (non-hydrogen) atoms. The predicted octanol–water partition coefficient (Wildman–Crippen LogP) is -1.08. The number of rotatable bonds is 0. The number of hydrogen-bond donors (Lipinski definition) is 0. The first-order valence-corrected chi connectivity index (χ1v) is 0. The minimum atomic E-state index is 0. The summed E-state index contributed by atoms with van der Waals surface area (Å²) in [5.74, 6) is 0. The van der Waals surface area contributed by atoms with Crippen LogP contribution in [0.4, 0.5) is 0 Å².